The van der Waals surface area contributed by atoms with E-state index in [9.17, 15) is 17.6 Å². The lowest BCUT2D eigenvalue weighted by molar-refractivity contribution is -0.138. The molecule has 8 heteroatoms. The van der Waals surface area contributed by atoms with Crippen LogP contribution in [0.15, 0.2) is 27.6 Å². The van der Waals surface area contributed by atoms with Crippen LogP contribution < -0.4 is 0 Å². The van der Waals surface area contributed by atoms with E-state index in [1.165, 1.54) is 16.4 Å². The summed E-state index contributed by atoms with van der Waals surface area (Å²) >= 11 is 2.98. The van der Waals surface area contributed by atoms with Crippen LogP contribution in [0.1, 0.15) is 19.3 Å². The Morgan fingerprint density at radius 1 is 1.38 bits per heavy atom. The first kappa shape index (κ1) is 16.4. The summed E-state index contributed by atoms with van der Waals surface area (Å²) < 4.78 is 39.8. The summed E-state index contributed by atoms with van der Waals surface area (Å²) in [5.74, 6) is -1.50. The predicted molar refractivity (Wildman–Crippen MR) is 77.8 cm³/mol. The van der Waals surface area contributed by atoms with Gasteiger partial charge >= 0.3 is 5.97 Å². The number of halogens is 2. The van der Waals surface area contributed by atoms with Gasteiger partial charge in [-0.05, 0) is 52.9 Å². The summed E-state index contributed by atoms with van der Waals surface area (Å²) in [6.45, 7) is 0.524. The highest BCUT2D eigenvalue weighted by molar-refractivity contribution is 9.10. The summed E-state index contributed by atoms with van der Waals surface area (Å²) in [7, 11) is -3.73. The normalized spacial score (nSPS) is 17.8. The van der Waals surface area contributed by atoms with E-state index in [1.807, 2.05) is 0 Å². The Morgan fingerprint density at radius 2 is 2.00 bits per heavy atom. The van der Waals surface area contributed by atoms with Crippen molar-refractivity contribution in [2.24, 2.45) is 5.92 Å². The Morgan fingerprint density at radius 3 is 2.52 bits per heavy atom. The Kier molecular flexibility index (Phi) is 5.00. The number of sulfonamides is 1. The lowest BCUT2D eigenvalue weighted by Crippen LogP contribution is -2.38. The second-order valence-electron chi connectivity index (χ2n) is 5.02. The molecule has 21 heavy (non-hydrogen) atoms. The van der Waals surface area contributed by atoms with Crippen LogP contribution in [0.4, 0.5) is 4.39 Å². The van der Waals surface area contributed by atoms with Crippen molar-refractivity contribution >= 4 is 31.9 Å². The standard InChI is InChI=1S/C13H15BrFNO4S/c14-11-2-1-10(8-12(11)15)21(19,20)16-5-3-9(4-6-16)7-13(17)18/h1-2,8-9H,3-7H2,(H,17,18). The number of carboxylic acids is 1. The molecule has 1 saturated heterocycles. The van der Waals surface area contributed by atoms with E-state index >= 15 is 0 Å². The van der Waals surface area contributed by atoms with E-state index in [0.29, 0.717) is 12.8 Å². The predicted octanol–water partition coefficient (Wildman–Crippen LogP) is 2.46. The van der Waals surface area contributed by atoms with Crippen molar-refractivity contribution in [1.82, 2.24) is 4.31 Å². The van der Waals surface area contributed by atoms with Gasteiger partial charge in [-0.3, -0.25) is 4.79 Å². The minimum Gasteiger partial charge on any atom is -0.481 e. The van der Waals surface area contributed by atoms with E-state index in [1.54, 1.807) is 0 Å². The molecular formula is C13H15BrFNO4S. The molecule has 0 bridgehead atoms. The molecule has 0 aromatic heterocycles. The van der Waals surface area contributed by atoms with Crippen molar-refractivity contribution in [3.63, 3.8) is 0 Å². The molecule has 0 spiro atoms. The van der Waals surface area contributed by atoms with Crippen LogP contribution in [-0.4, -0.2) is 36.9 Å². The first-order valence-corrected chi connectivity index (χ1v) is 8.71. The number of rotatable bonds is 4. The highest BCUT2D eigenvalue weighted by Crippen LogP contribution is 2.27. The van der Waals surface area contributed by atoms with E-state index in [-0.39, 0.29) is 34.8 Å². The van der Waals surface area contributed by atoms with Crippen molar-refractivity contribution in [2.45, 2.75) is 24.2 Å². The Balaban J connectivity index is 2.11. The van der Waals surface area contributed by atoms with Crippen molar-refractivity contribution < 1.29 is 22.7 Å². The van der Waals surface area contributed by atoms with Crippen LogP contribution in [-0.2, 0) is 14.8 Å². The maximum absolute atomic E-state index is 13.5. The number of benzene rings is 1. The maximum Gasteiger partial charge on any atom is 0.303 e. The molecule has 1 aromatic carbocycles. The minimum absolute atomic E-state index is 0.00407. The largest absolute Gasteiger partial charge is 0.481 e. The van der Waals surface area contributed by atoms with Gasteiger partial charge in [0, 0.05) is 19.5 Å². The number of piperidine rings is 1. The molecule has 1 fully saturated rings. The van der Waals surface area contributed by atoms with Crippen molar-refractivity contribution in [2.75, 3.05) is 13.1 Å². The third-order valence-electron chi connectivity index (χ3n) is 3.57. The molecule has 116 valence electrons. The number of hydrogen-bond donors (Lipinski definition) is 1. The van der Waals surface area contributed by atoms with Gasteiger partial charge in [0.2, 0.25) is 10.0 Å². The monoisotopic (exact) mass is 379 g/mol. The van der Waals surface area contributed by atoms with E-state index in [4.69, 9.17) is 5.11 Å². The zero-order chi connectivity index (χ0) is 15.6. The van der Waals surface area contributed by atoms with Gasteiger partial charge in [0.05, 0.1) is 9.37 Å². The van der Waals surface area contributed by atoms with Gasteiger partial charge in [-0.1, -0.05) is 0 Å². The molecule has 0 atom stereocenters. The van der Waals surface area contributed by atoms with E-state index in [2.05, 4.69) is 15.9 Å². The molecule has 0 unspecified atom stereocenters. The van der Waals surface area contributed by atoms with E-state index < -0.39 is 21.8 Å². The molecular weight excluding hydrogens is 365 g/mol. The molecule has 0 amide bonds. The summed E-state index contributed by atoms with van der Waals surface area (Å²) in [6, 6.07) is 3.70. The quantitative estimate of drug-likeness (QED) is 0.871. The molecule has 0 radical (unpaired) electrons. The lowest BCUT2D eigenvalue weighted by Gasteiger charge is -2.30. The number of carbonyl (C=O) groups is 1. The summed E-state index contributed by atoms with van der Waals surface area (Å²) in [5, 5.41) is 8.75. The maximum atomic E-state index is 13.5. The first-order chi connectivity index (χ1) is 9.80. The van der Waals surface area contributed by atoms with Crippen LogP contribution in [0.25, 0.3) is 0 Å². The van der Waals surface area contributed by atoms with Gasteiger partial charge in [0.1, 0.15) is 5.82 Å². The van der Waals surface area contributed by atoms with Gasteiger partial charge in [-0.2, -0.15) is 4.31 Å². The Hall–Kier alpha value is -0.990. The molecule has 0 aliphatic carbocycles. The van der Waals surface area contributed by atoms with Crippen molar-refractivity contribution in [1.29, 1.82) is 0 Å². The van der Waals surface area contributed by atoms with Crippen LogP contribution in [0.5, 0.6) is 0 Å². The molecule has 0 saturated carbocycles. The molecule has 2 rings (SSSR count). The topological polar surface area (TPSA) is 74.7 Å². The zero-order valence-corrected chi connectivity index (χ0v) is 13.5. The highest BCUT2D eigenvalue weighted by Gasteiger charge is 2.30. The second kappa shape index (κ2) is 6.41. The number of nitrogens with zero attached hydrogens (tertiary/aromatic N) is 1. The van der Waals surface area contributed by atoms with Crippen LogP contribution in [0, 0.1) is 11.7 Å². The Bertz CT molecular complexity index is 642. The summed E-state index contributed by atoms with van der Waals surface area (Å²) in [6.07, 6.45) is 1.07. The van der Waals surface area contributed by atoms with Crippen LogP contribution in [0.2, 0.25) is 0 Å². The fraction of sp³-hybridized carbons (Fsp3) is 0.462. The second-order valence-corrected chi connectivity index (χ2v) is 7.81. The number of carboxylic acid groups (broad SMARTS) is 1. The molecule has 1 aliphatic heterocycles. The number of aliphatic carboxylic acids is 1. The Labute approximate surface area is 130 Å². The average molecular weight is 380 g/mol. The average Bonchev–Trinajstić information content (AvgIpc) is 2.41. The smallest absolute Gasteiger partial charge is 0.303 e. The highest BCUT2D eigenvalue weighted by atomic mass is 79.9. The molecule has 5 nitrogen and oxygen atoms in total. The fourth-order valence-corrected chi connectivity index (χ4v) is 4.12. The van der Waals surface area contributed by atoms with Crippen molar-refractivity contribution in [3.8, 4) is 0 Å². The van der Waals surface area contributed by atoms with Gasteiger partial charge in [-0.15, -0.1) is 0 Å². The van der Waals surface area contributed by atoms with Crippen LogP contribution in [0.3, 0.4) is 0 Å². The summed E-state index contributed by atoms with van der Waals surface area (Å²) in [4.78, 5) is 10.6. The van der Waals surface area contributed by atoms with Crippen LogP contribution >= 0.6 is 15.9 Å². The van der Waals surface area contributed by atoms with Gasteiger partial charge in [-0.25, -0.2) is 12.8 Å². The van der Waals surface area contributed by atoms with Crippen molar-refractivity contribution in [3.05, 3.63) is 28.5 Å². The third kappa shape index (κ3) is 3.81. The minimum atomic E-state index is -3.73. The summed E-state index contributed by atoms with van der Waals surface area (Å²) in [5.41, 5.74) is 0. The molecule has 1 aromatic rings. The third-order valence-corrected chi connectivity index (χ3v) is 6.10. The SMILES string of the molecule is O=C(O)CC1CCN(S(=O)(=O)c2ccc(Br)c(F)c2)CC1. The zero-order valence-electron chi connectivity index (χ0n) is 11.1. The fourth-order valence-electron chi connectivity index (χ4n) is 2.39. The van der Waals surface area contributed by atoms with Gasteiger partial charge in [0.15, 0.2) is 0 Å². The molecule has 1 aliphatic rings. The number of hydrogen-bond acceptors (Lipinski definition) is 3. The van der Waals surface area contributed by atoms with E-state index in [0.717, 1.165) is 6.07 Å². The van der Waals surface area contributed by atoms with Gasteiger partial charge < -0.3 is 5.11 Å². The first-order valence-electron chi connectivity index (χ1n) is 6.47. The lowest BCUT2D eigenvalue weighted by atomic mass is 9.95. The molecule has 1 N–H and O–H groups in total. The van der Waals surface area contributed by atoms with Gasteiger partial charge in [0.25, 0.3) is 0 Å². The molecule has 1 heterocycles.